The summed E-state index contributed by atoms with van der Waals surface area (Å²) in [5.41, 5.74) is 0.246. The van der Waals surface area contributed by atoms with E-state index < -0.39 is 41.4 Å². The molecule has 8 nitrogen and oxygen atoms in total. The average molecular weight is 498 g/mol. The topological polar surface area (TPSA) is 106 Å². The zero-order valence-corrected chi connectivity index (χ0v) is 19.3. The summed E-state index contributed by atoms with van der Waals surface area (Å²) in [6.45, 7) is 1.71. The molecule has 1 heterocycles. The maximum absolute atomic E-state index is 14.8. The Kier molecular flexibility index (Phi) is 6.97. The first-order chi connectivity index (χ1) is 16.8. The van der Waals surface area contributed by atoms with Crippen LogP contribution in [0.5, 0.6) is 0 Å². The first kappa shape index (κ1) is 24.2. The van der Waals surface area contributed by atoms with Gasteiger partial charge >= 0.3 is 5.97 Å². The standard InChI is InChI=1S/C25H21ClFN3O5/c1-2-35-25(34)22-20(23(32)28-15-8-6-14(26)7-9-15)21(22)24(33)29-18-11-10-16(13-17(18)27)30-12-4-3-5-19(30)31/h3-13,20-22H,2H2,1H3,(H,28,32)(H,29,33)/t20?,21-,22-/m0/s1. The summed E-state index contributed by atoms with van der Waals surface area (Å²) in [5, 5.41) is 5.59. The zero-order chi connectivity index (χ0) is 25.1. The number of pyridine rings is 1. The number of ether oxygens (including phenoxy) is 1. The number of rotatable bonds is 7. The van der Waals surface area contributed by atoms with E-state index in [1.165, 1.54) is 29.0 Å². The molecule has 10 heteroatoms. The zero-order valence-electron chi connectivity index (χ0n) is 18.5. The molecule has 1 fully saturated rings. The van der Waals surface area contributed by atoms with Crippen LogP contribution in [-0.2, 0) is 19.1 Å². The van der Waals surface area contributed by atoms with Gasteiger partial charge in [-0.25, -0.2) is 4.39 Å². The molecule has 1 saturated carbocycles. The fourth-order valence-corrected chi connectivity index (χ4v) is 3.99. The number of hydrogen-bond acceptors (Lipinski definition) is 5. The molecule has 1 unspecified atom stereocenters. The second kappa shape index (κ2) is 10.1. The van der Waals surface area contributed by atoms with Gasteiger partial charge in [-0.15, -0.1) is 0 Å². The summed E-state index contributed by atoms with van der Waals surface area (Å²) in [4.78, 5) is 50.1. The number of anilines is 2. The third-order valence-electron chi connectivity index (χ3n) is 5.61. The van der Waals surface area contributed by atoms with Crippen LogP contribution in [0.15, 0.2) is 71.7 Å². The van der Waals surface area contributed by atoms with Gasteiger partial charge < -0.3 is 15.4 Å². The highest BCUT2D eigenvalue weighted by atomic mass is 35.5. The highest BCUT2D eigenvalue weighted by Crippen LogP contribution is 2.48. The number of halogens is 2. The quantitative estimate of drug-likeness (QED) is 0.485. The minimum Gasteiger partial charge on any atom is -0.466 e. The van der Waals surface area contributed by atoms with E-state index in [0.717, 1.165) is 6.07 Å². The molecule has 2 N–H and O–H groups in total. The van der Waals surface area contributed by atoms with Crippen molar-refractivity contribution in [3.8, 4) is 5.69 Å². The third kappa shape index (κ3) is 5.25. The van der Waals surface area contributed by atoms with Crippen molar-refractivity contribution in [1.82, 2.24) is 4.57 Å². The van der Waals surface area contributed by atoms with E-state index in [9.17, 15) is 23.6 Å². The summed E-state index contributed by atoms with van der Waals surface area (Å²) >= 11 is 5.86. The molecule has 3 aromatic rings. The number of carbonyl (C=O) groups excluding carboxylic acids is 3. The van der Waals surface area contributed by atoms with Gasteiger partial charge in [-0.1, -0.05) is 17.7 Å². The molecule has 35 heavy (non-hydrogen) atoms. The van der Waals surface area contributed by atoms with E-state index in [2.05, 4.69) is 10.6 Å². The fraction of sp³-hybridized carbons (Fsp3) is 0.200. The number of benzene rings is 2. The summed E-state index contributed by atoms with van der Waals surface area (Å²) in [5.74, 6) is -5.68. The van der Waals surface area contributed by atoms with Gasteiger partial charge in [0.1, 0.15) is 5.82 Å². The predicted molar refractivity (Wildman–Crippen MR) is 128 cm³/mol. The van der Waals surface area contributed by atoms with Gasteiger partial charge in [0.25, 0.3) is 5.56 Å². The van der Waals surface area contributed by atoms with Gasteiger partial charge in [0.05, 0.1) is 35.7 Å². The van der Waals surface area contributed by atoms with Gasteiger partial charge in [-0.05, 0) is 49.4 Å². The number of nitrogens with one attached hydrogen (secondary N) is 2. The predicted octanol–water partition coefficient (Wildman–Crippen LogP) is 3.63. The molecule has 3 atom stereocenters. The largest absolute Gasteiger partial charge is 0.466 e. The summed E-state index contributed by atoms with van der Waals surface area (Å²) in [6.07, 6.45) is 1.49. The molecule has 1 aliphatic rings. The monoisotopic (exact) mass is 497 g/mol. The Labute approximate surface area is 204 Å². The normalized spacial score (nSPS) is 18.4. The van der Waals surface area contributed by atoms with Crippen molar-refractivity contribution in [2.24, 2.45) is 17.8 Å². The molecule has 180 valence electrons. The molecule has 0 saturated heterocycles. The first-order valence-corrected chi connectivity index (χ1v) is 11.2. The van der Waals surface area contributed by atoms with Gasteiger partial charge in [-0.3, -0.25) is 23.7 Å². The van der Waals surface area contributed by atoms with E-state index in [1.54, 1.807) is 43.3 Å². The van der Waals surface area contributed by atoms with Crippen molar-refractivity contribution >= 4 is 40.8 Å². The lowest BCUT2D eigenvalue weighted by Gasteiger charge is -2.10. The van der Waals surface area contributed by atoms with Crippen LogP contribution in [0.2, 0.25) is 5.02 Å². The highest BCUT2D eigenvalue weighted by molar-refractivity contribution is 6.30. The van der Waals surface area contributed by atoms with E-state index in [-0.39, 0.29) is 23.5 Å². The molecular weight excluding hydrogens is 477 g/mol. The fourth-order valence-electron chi connectivity index (χ4n) is 3.87. The number of amides is 2. The Morgan fingerprint density at radius 1 is 0.971 bits per heavy atom. The van der Waals surface area contributed by atoms with Crippen molar-refractivity contribution < 1.29 is 23.5 Å². The smallest absolute Gasteiger partial charge is 0.310 e. The average Bonchev–Trinajstić information content (AvgIpc) is 3.59. The van der Waals surface area contributed by atoms with Crippen LogP contribution in [0.4, 0.5) is 15.8 Å². The van der Waals surface area contributed by atoms with Crippen molar-refractivity contribution in [2.75, 3.05) is 17.2 Å². The lowest BCUT2D eigenvalue weighted by Crippen LogP contribution is -2.21. The van der Waals surface area contributed by atoms with Crippen LogP contribution in [0.1, 0.15) is 6.92 Å². The summed E-state index contributed by atoms with van der Waals surface area (Å²) in [6, 6.07) is 14.8. The van der Waals surface area contributed by atoms with Crippen molar-refractivity contribution in [3.05, 3.63) is 88.1 Å². The van der Waals surface area contributed by atoms with Crippen molar-refractivity contribution in [2.45, 2.75) is 6.92 Å². The minimum atomic E-state index is -1.03. The summed E-state index contributed by atoms with van der Waals surface area (Å²) < 4.78 is 21.0. The molecule has 2 aromatic carbocycles. The van der Waals surface area contributed by atoms with Crippen LogP contribution in [0.25, 0.3) is 5.69 Å². The molecule has 1 aliphatic carbocycles. The molecule has 0 aliphatic heterocycles. The van der Waals surface area contributed by atoms with Gasteiger partial charge in [0, 0.05) is 29.0 Å². The number of carbonyl (C=O) groups is 3. The van der Waals surface area contributed by atoms with E-state index in [4.69, 9.17) is 16.3 Å². The van der Waals surface area contributed by atoms with Crippen LogP contribution in [-0.4, -0.2) is 29.0 Å². The SMILES string of the molecule is CCOC(=O)[C@H]1C(C(=O)Nc2ccc(Cl)cc2)[C@@H]1C(=O)Nc1ccc(-n2ccccc2=O)cc1F. The van der Waals surface area contributed by atoms with Crippen molar-refractivity contribution in [1.29, 1.82) is 0 Å². The van der Waals surface area contributed by atoms with E-state index >= 15 is 0 Å². The Morgan fingerprint density at radius 3 is 2.29 bits per heavy atom. The van der Waals surface area contributed by atoms with Gasteiger partial charge in [0.15, 0.2) is 0 Å². The van der Waals surface area contributed by atoms with Crippen LogP contribution in [0, 0.1) is 23.6 Å². The maximum Gasteiger partial charge on any atom is 0.310 e. The minimum absolute atomic E-state index is 0.0874. The molecule has 0 radical (unpaired) electrons. The Morgan fingerprint density at radius 2 is 1.66 bits per heavy atom. The first-order valence-electron chi connectivity index (χ1n) is 10.8. The molecule has 1 aromatic heterocycles. The number of nitrogens with zero attached hydrogens (tertiary/aromatic N) is 1. The van der Waals surface area contributed by atoms with Crippen LogP contribution in [0.3, 0.4) is 0 Å². The Balaban J connectivity index is 1.51. The molecule has 0 bridgehead atoms. The highest BCUT2D eigenvalue weighted by Gasteiger charge is 2.63. The Hall–Kier alpha value is -3.98. The summed E-state index contributed by atoms with van der Waals surface area (Å²) in [7, 11) is 0. The van der Waals surface area contributed by atoms with Gasteiger partial charge in [-0.2, -0.15) is 0 Å². The van der Waals surface area contributed by atoms with Gasteiger partial charge in [0.2, 0.25) is 11.8 Å². The molecule has 4 rings (SSSR count). The third-order valence-corrected chi connectivity index (χ3v) is 5.86. The molecular formula is C25H21ClFN3O5. The Bertz CT molecular complexity index is 1340. The van der Waals surface area contributed by atoms with E-state index in [1.807, 2.05) is 0 Å². The number of hydrogen-bond donors (Lipinski definition) is 2. The molecule has 2 amide bonds. The second-order valence-corrected chi connectivity index (χ2v) is 8.32. The molecule has 0 spiro atoms. The lowest BCUT2D eigenvalue weighted by atomic mass is 10.2. The van der Waals surface area contributed by atoms with Crippen LogP contribution < -0.4 is 16.2 Å². The van der Waals surface area contributed by atoms with Crippen LogP contribution >= 0.6 is 11.6 Å². The number of aromatic nitrogens is 1. The maximum atomic E-state index is 14.8. The number of esters is 1. The second-order valence-electron chi connectivity index (χ2n) is 7.89. The lowest BCUT2D eigenvalue weighted by molar-refractivity contribution is -0.146. The van der Waals surface area contributed by atoms with E-state index in [0.29, 0.717) is 10.7 Å². The van der Waals surface area contributed by atoms with Crippen molar-refractivity contribution in [3.63, 3.8) is 0 Å².